The van der Waals surface area contributed by atoms with Gasteiger partial charge in [0.05, 0.1) is 19.3 Å². The lowest BCUT2D eigenvalue weighted by atomic mass is 10.1. The Balaban J connectivity index is 1.70. The van der Waals surface area contributed by atoms with Gasteiger partial charge in [0, 0.05) is 11.9 Å². The lowest BCUT2D eigenvalue weighted by Gasteiger charge is -2.06. The van der Waals surface area contributed by atoms with Crippen molar-refractivity contribution in [2.45, 2.75) is 20.0 Å². The summed E-state index contributed by atoms with van der Waals surface area (Å²) < 4.78 is 10.9. The molecule has 1 amide bonds. The van der Waals surface area contributed by atoms with E-state index in [2.05, 4.69) is 5.32 Å². The Morgan fingerprint density at radius 3 is 2.56 bits per heavy atom. The largest absolute Gasteiger partial charge is 0.497 e. The van der Waals surface area contributed by atoms with Crippen LogP contribution < -0.4 is 10.1 Å². The molecule has 0 atom stereocenters. The molecule has 1 heterocycles. The number of aryl methyl sites for hydroxylation is 1. The zero-order valence-electron chi connectivity index (χ0n) is 14.3. The minimum atomic E-state index is -0.156. The van der Waals surface area contributed by atoms with Crippen molar-refractivity contribution in [2.24, 2.45) is 0 Å². The van der Waals surface area contributed by atoms with Crippen LogP contribution in [0.3, 0.4) is 0 Å². The molecule has 130 valence electrons. The van der Waals surface area contributed by atoms with E-state index in [1.165, 1.54) is 0 Å². The smallest absolute Gasteiger partial charge is 0.255 e. The predicted octanol–water partition coefficient (Wildman–Crippen LogP) is 3.21. The maximum atomic E-state index is 12.6. The van der Waals surface area contributed by atoms with E-state index in [1.807, 2.05) is 36.4 Å². The van der Waals surface area contributed by atoms with Crippen LogP contribution in [-0.4, -0.2) is 24.7 Å². The van der Waals surface area contributed by atoms with Crippen molar-refractivity contribution in [1.82, 2.24) is 5.32 Å². The maximum absolute atomic E-state index is 12.6. The van der Waals surface area contributed by atoms with Crippen LogP contribution in [0, 0.1) is 6.92 Å². The highest BCUT2D eigenvalue weighted by atomic mass is 16.5. The molecule has 25 heavy (non-hydrogen) atoms. The van der Waals surface area contributed by atoms with Gasteiger partial charge in [-0.2, -0.15) is 0 Å². The first-order chi connectivity index (χ1) is 12.1. The quantitative estimate of drug-likeness (QED) is 0.723. The van der Waals surface area contributed by atoms with E-state index in [-0.39, 0.29) is 12.5 Å². The van der Waals surface area contributed by atoms with Crippen molar-refractivity contribution < 1.29 is 19.1 Å². The summed E-state index contributed by atoms with van der Waals surface area (Å²) in [6.45, 7) is 2.34. The zero-order valence-corrected chi connectivity index (χ0v) is 14.3. The molecule has 0 spiro atoms. The van der Waals surface area contributed by atoms with Crippen LogP contribution in [0.5, 0.6) is 5.75 Å². The van der Waals surface area contributed by atoms with Gasteiger partial charge in [0.2, 0.25) is 0 Å². The number of amides is 1. The Kier molecular flexibility index (Phi) is 5.05. The Morgan fingerprint density at radius 2 is 1.88 bits per heavy atom. The summed E-state index contributed by atoms with van der Waals surface area (Å²) in [7, 11) is 1.59. The number of nitrogens with one attached hydrogen (secondary N) is 1. The van der Waals surface area contributed by atoms with Crippen molar-refractivity contribution in [1.29, 1.82) is 0 Å². The second kappa shape index (κ2) is 7.40. The summed E-state index contributed by atoms with van der Waals surface area (Å²) in [6, 6.07) is 13.1. The van der Waals surface area contributed by atoms with Crippen molar-refractivity contribution in [3.63, 3.8) is 0 Å². The fraction of sp³-hybridized carbons (Fsp3) is 0.250. The Morgan fingerprint density at radius 1 is 1.16 bits per heavy atom. The van der Waals surface area contributed by atoms with E-state index >= 15 is 0 Å². The van der Waals surface area contributed by atoms with Gasteiger partial charge in [0.15, 0.2) is 0 Å². The summed E-state index contributed by atoms with van der Waals surface area (Å²) in [5, 5.41) is 12.8. The molecule has 3 rings (SSSR count). The van der Waals surface area contributed by atoms with E-state index in [0.717, 1.165) is 22.9 Å². The summed E-state index contributed by atoms with van der Waals surface area (Å²) in [4.78, 5) is 12.6. The number of rotatable bonds is 6. The number of ether oxygens (including phenoxy) is 1. The summed E-state index contributed by atoms with van der Waals surface area (Å²) in [6.07, 6.45) is 0.718. The maximum Gasteiger partial charge on any atom is 0.255 e. The second-order valence-electron chi connectivity index (χ2n) is 5.88. The van der Waals surface area contributed by atoms with Crippen LogP contribution in [0.15, 0.2) is 46.9 Å². The molecule has 5 heteroatoms. The highest BCUT2D eigenvalue weighted by molar-refractivity contribution is 6.07. The minimum absolute atomic E-state index is 0.0350. The number of methoxy groups -OCH3 is 1. The van der Waals surface area contributed by atoms with Crippen LogP contribution in [-0.2, 0) is 13.0 Å². The van der Waals surface area contributed by atoms with Gasteiger partial charge in [0.1, 0.15) is 17.1 Å². The van der Waals surface area contributed by atoms with Crippen LogP contribution in [0.25, 0.3) is 11.0 Å². The molecule has 0 radical (unpaired) electrons. The highest BCUT2D eigenvalue weighted by Gasteiger charge is 2.18. The predicted molar refractivity (Wildman–Crippen MR) is 95.9 cm³/mol. The Bertz CT molecular complexity index is 881. The van der Waals surface area contributed by atoms with Gasteiger partial charge in [-0.25, -0.2) is 0 Å². The molecule has 1 aromatic heterocycles. The molecule has 0 aliphatic rings. The third-order valence-corrected chi connectivity index (χ3v) is 4.20. The number of carbonyl (C=O) groups is 1. The molecule has 3 aromatic rings. The molecule has 0 saturated heterocycles. The number of aliphatic hydroxyl groups is 1. The molecule has 0 aliphatic heterocycles. The Hall–Kier alpha value is -2.79. The fourth-order valence-electron chi connectivity index (χ4n) is 2.83. The van der Waals surface area contributed by atoms with Gasteiger partial charge in [-0.1, -0.05) is 24.3 Å². The third-order valence-electron chi connectivity index (χ3n) is 4.20. The van der Waals surface area contributed by atoms with Gasteiger partial charge in [-0.05, 0) is 42.7 Å². The molecule has 0 bridgehead atoms. The van der Waals surface area contributed by atoms with Gasteiger partial charge in [-0.15, -0.1) is 0 Å². The van der Waals surface area contributed by atoms with E-state index < -0.39 is 0 Å². The molecule has 5 nitrogen and oxygen atoms in total. The average molecular weight is 339 g/mol. The first kappa shape index (κ1) is 17.0. The van der Waals surface area contributed by atoms with Crippen molar-refractivity contribution in [3.8, 4) is 5.75 Å². The van der Waals surface area contributed by atoms with E-state index in [4.69, 9.17) is 14.3 Å². The minimum Gasteiger partial charge on any atom is -0.497 e. The van der Waals surface area contributed by atoms with Crippen LogP contribution >= 0.6 is 0 Å². The number of fused-ring (bicyclic) bond motifs is 1. The van der Waals surface area contributed by atoms with E-state index in [9.17, 15) is 4.79 Å². The highest BCUT2D eigenvalue weighted by Crippen LogP contribution is 2.28. The topological polar surface area (TPSA) is 71.7 Å². The average Bonchev–Trinajstić information content (AvgIpc) is 2.97. The number of benzene rings is 2. The summed E-state index contributed by atoms with van der Waals surface area (Å²) in [5.41, 5.74) is 3.20. The number of carbonyl (C=O) groups excluding carboxylic acids is 1. The Labute approximate surface area is 146 Å². The first-order valence-electron chi connectivity index (χ1n) is 8.16. The third kappa shape index (κ3) is 3.67. The van der Waals surface area contributed by atoms with Gasteiger partial charge in [0.25, 0.3) is 5.91 Å². The molecule has 0 aliphatic carbocycles. The molecule has 0 unspecified atom stereocenters. The normalized spacial score (nSPS) is 10.8. The lowest BCUT2D eigenvalue weighted by molar-refractivity contribution is 0.0954. The van der Waals surface area contributed by atoms with E-state index in [0.29, 0.717) is 29.2 Å². The van der Waals surface area contributed by atoms with Crippen molar-refractivity contribution >= 4 is 16.9 Å². The molecular formula is C20H21NO4. The van der Waals surface area contributed by atoms with Crippen LogP contribution in [0.2, 0.25) is 0 Å². The fourth-order valence-corrected chi connectivity index (χ4v) is 2.83. The zero-order chi connectivity index (χ0) is 17.8. The standard InChI is InChI=1S/C20H21NO4/c1-13-19(17-11-16(24-2)7-8-18(17)25-13)20(23)21-10-9-14-3-5-15(12-22)6-4-14/h3-8,11,22H,9-10,12H2,1-2H3,(H,21,23). The number of aliphatic hydroxyl groups excluding tert-OH is 1. The van der Waals surface area contributed by atoms with Crippen LogP contribution in [0.4, 0.5) is 0 Å². The number of hydrogen-bond acceptors (Lipinski definition) is 4. The molecule has 0 saturated carbocycles. The van der Waals surface area contributed by atoms with E-state index in [1.54, 1.807) is 20.1 Å². The lowest BCUT2D eigenvalue weighted by Crippen LogP contribution is -2.26. The SMILES string of the molecule is COc1ccc2oc(C)c(C(=O)NCCc3ccc(CO)cc3)c2c1. The summed E-state index contributed by atoms with van der Waals surface area (Å²) in [5.74, 6) is 1.12. The number of hydrogen-bond donors (Lipinski definition) is 2. The monoisotopic (exact) mass is 339 g/mol. The second-order valence-corrected chi connectivity index (χ2v) is 5.88. The van der Waals surface area contributed by atoms with Crippen molar-refractivity contribution in [2.75, 3.05) is 13.7 Å². The first-order valence-corrected chi connectivity index (χ1v) is 8.16. The van der Waals surface area contributed by atoms with Gasteiger partial charge >= 0.3 is 0 Å². The van der Waals surface area contributed by atoms with Gasteiger partial charge in [-0.3, -0.25) is 4.79 Å². The number of furan rings is 1. The van der Waals surface area contributed by atoms with Crippen LogP contribution in [0.1, 0.15) is 27.2 Å². The summed E-state index contributed by atoms with van der Waals surface area (Å²) >= 11 is 0. The molecule has 2 N–H and O–H groups in total. The van der Waals surface area contributed by atoms with Crippen molar-refractivity contribution in [3.05, 3.63) is 64.9 Å². The molecular weight excluding hydrogens is 318 g/mol. The van der Waals surface area contributed by atoms with Gasteiger partial charge < -0.3 is 19.6 Å². The molecule has 0 fully saturated rings. The molecule has 2 aromatic carbocycles.